The van der Waals surface area contributed by atoms with Gasteiger partial charge in [-0.3, -0.25) is 9.38 Å². The second-order valence-corrected chi connectivity index (χ2v) is 7.75. The summed E-state index contributed by atoms with van der Waals surface area (Å²) >= 11 is 0. The Hall–Kier alpha value is -3.83. The third kappa shape index (κ3) is 4.61. The average molecular weight is 479 g/mol. The molecule has 1 aliphatic rings. The molecule has 1 aromatic carbocycles. The second kappa shape index (κ2) is 7.89. The van der Waals surface area contributed by atoms with Gasteiger partial charge in [0.05, 0.1) is 29.3 Å². The van der Waals surface area contributed by atoms with E-state index in [0.717, 1.165) is 37.2 Å². The molecule has 6 nitrogen and oxygen atoms in total. The molecule has 3 aromatic heterocycles. The number of hydrogen-bond donors (Lipinski definition) is 1. The van der Waals surface area contributed by atoms with Crippen LogP contribution in [0, 0.1) is 0 Å². The average Bonchev–Trinajstić information content (AvgIpc) is 3.53. The largest absolute Gasteiger partial charge is 0.573 e. The molecule has 34 heavy (non-hydrogen) atoms. The molecule has 4 aromatic rings. The van der Waals surface area contributed by atoms with Crippen LogP contribution in [0.5, 0.6) is 5.75 Å². The highest BCUT2D eigenvalue weighted by atomic mass is 19.4. The number of halogens is 6. The summed E-state index contributed by atoms with van der Waals surface area (Å²) in [5.74, 6) is 0.00708. The minimum atomic E-state index is -4.80. The Morgan fingerprint density at radius 3 is 2.29 bits per heavy atom. The minimum Gasteiger partial charge on any atom is -0.406 e. The molecule has 1 aliphatic carbocycles. The van der Waals surface area contributed by atoms with E-state index in [1.54, 1.807) is 0 Å². The molecule has 176 valence electrons. The molecule has 0 radical (unpaired) electrons. The lowest BCUT2D eigenvalue weighted by molar-refractivity contribution is -0.274. The van der Waals surface area contributed by atoms with Crippen LogP contribution in [0.1, 0.15) is 30.0 Å². The molecular formula is C22H15F6N5O. The predicted octanol–water partition coefficient (Wildman–Crippen LogP) is 6.33. The molecule has 0 aliphatic heterocycles. The first kappa shape index (κ1) is 22.0. The van der Waals surface area contributed by atoms with Crippen molar-refractivity contribution in [2.75, 3.05) is 5.32 Å². The molecule has 0 bridgehead atoms. The number of benzene rings is 1. The number of nitrogens with one attached hydrogen (secondary N) is 1. The van der Waals surface area contributed by atoms with Gasteiger partial charge in [-0.2, -0.15) is 13.2 Å². The van der Waals surface area contributed by atoms with Crippen molar-refractivity contribution in [3.63, 3.8) is 0 Å². The van der Waals surface area contributed by atoms with Crippen LogP contribution in [0.4, 0.5) is 37.8 Å². The Labute approximate surface area is 188 Å². The predicted molar refractivity (Wildman–Crippen MR) is 110 cm³/mol. The quantitative estimate of drug-likeness (QED) is 0.339. The van der Waals surface area contributed by atoms with Gasteiger partial charge in [0.25, 0.3) is 0 Å². The van der Waals surface area contributed by atoms with Gasteiger partial charge in [-0.25, -0.2) is 9.97 Å². The van der Waals surface area contributed by atoms with Gasteiger partial charge in [-0.15, -0.1) is 13.2 Å². The molecule has 1 saturated carbocycles. The monoisotopic (exact) mass is 479 g/mol. The SMILES string of the molecule is FC(F)(F)Oc1ccc(Nc2cncc(-c3c(C4CC4)nc4ccc(C(F)(F)F)cn34)n2)cc1. The normalized spacial score (nSPS) is 14.4. The number of fused-ring (bicyclic) bond motifs is 1. The van der Waals surface area contributed by atoms with E-state index in [1.165, 1.54) is 35.0 Å². The topological polar surface area (TPSA) is 64.3 Å². The highest BCUT2D eigenvalue weighted by Crippen LogP contribution is 2.44. The van der Waals surface area contributed by atoms with Gasteiger partial charge in [0.15, 0.2) is 0 Å². The fraction of sp³-hybridized carbons (Fsp3) is 0.227. The third-order valence-electron chi connectivity index (χ3n) is 5.17. The number of rotatable bonds is 5. The van der Waals surface area contributed by atoms with Crippen molar-refractivity contribution in [1.29, 1.82) is 0 Å². The van der Waals surface area contributed by atoms with Gasteiger partial charge in [0.2, 0.25) is 0 Å². The summed E-state index contributed by atoms with van der Waals surface area (Å²) < 4.78 is 82.2. The number of ether oxygens (including phenoxy) is 1. The molecule has 3 heterocycles. The maximum Gasteiger partial charge on any atom is 0.573 e. The first-order valence-electron chi connectivity index (χ1n) is 10.1. The first-order valence-corrected chi connectivity index (χ1v) is 10.1. The van der Waals surface area contributed by atoms with Gasteiger partial charge in [-0.1, -0.05) is 0 Å². The first-order chi connectivity index (χ1) is 16.1. The molecule has 0 saturated heterocycles. The van der Waals surface area contributed by atoms with Gasteiger partial charge in [-0.05, 0) is 49.2 Å². The van der Waals surface area contributed by atoms with E-state index in [0.29, 0.717) is 28.4 Å². The molecule has 1 N–H and O–H groups in total. The summed E-state index contributed by atoms with van der Waals surface area (Å²) in [6.45, 7) is 0. The number of pyridine rings is 1. The third-order valence-corrected chi connectivity index (χ3v) is 5.17. The van der Waals surface area contributed by atoms with E-state index >= 15 is 0 Å². The summed E-state index contributed by atoms with van der Waals surface area (Å²) in [7, 11) is 0. The number of aromatic nitrogens is 4. The van der Waals surface area contributed by atoms with Crippen LogP contribution in [0.15, 0.2) is 55.0 Å². The van der Waals surface area contributed by atoms with Gasteiger partial charge in [0, 0.05) is 17.8 Å². The Morgan fingerprint density at radius 2 is 1.65 bits per heavy atom. The van der Waals surface area contributed by atoms with Crippen LogP contribution in [-0.2, 0) is 6.18 Å². The number of hydrogen-bond acceptors (Lipinski definition) is 5. The van der Waals surface area contributed by atoms with Crippen molar-refractivity contribution in [1.82, 2.24) is 19.4 Å². The number of imidazole rings is 1. The molecule has 1 fully saturated rings. The Bertz CT molecular complexity index is 1340. The fourth-order valence-corrected chi connectivity index (χ4v) is 3.55. The van der Waals surface area contributed by atoms with E-state index in [2.05, 4.69) is 25.0 Å². The summed E-state index contributed by atoms with van der Waals surface area (Å²) in [6, 6.07) is 7.32. The van der Waals surface area contributed by atoms with Crippen molar-refractivity contribution in [3.8, 4) is 17.1 Å². The van der Waals surface area contributed by atoms with Crippen LogP contribution < -0.4 is 10.1 Å². The van der Waals surface area contributed by atoms with E-state index in [9.17, 15) is 26.3 Å². The summed E-state index contributed by atoms with van der Waals surface area (Å²) in [6.07, 6.45) is -3.75. The summed E-state index contributed by atoms with van der Waals surface area (Å²) in [5, 5.41) is 2.92. The zero-order valence-electron chi connectivity index (χ0n) is 17.2. The van der Waals surface area contributed by atoms with Crippen LogP contribution in [0.25, 0.3) is 17.0 Å². The molecular weight excluding hydrogens is 464 g/mol. The Balaban J connectivity index is 1.49. The zero-order valence-corrected chi connectivity index (χ0v) is 17.2. The molecule has 0 spiro atoms. The smallest absolute Gasteiger partial charge is 0.406 e. The molecule has 0 amide bonds. The van der Waals surface area contributed by atoms with Crippen LogP contribution in [-0.4, -0.2) is 25.7 Å². The minimum absolute atomic E-state index is 0.129. The lowest BCUT2D eigenvalue weighted by Gasteiger charge is -2.11. The van der Waals surface area contributed by atoms with E-state index in [1.807, 2.05) is 0 Å². The van der Waals surface area contributed by atoms with Crippen molar-refractivity contribution in [2.24, 2.45) is 0 Å². The van der Waals surface area contributed by atoms with Crippen molar-refractivity contribution in [3.05, 3.63) is 66.2 Å². The van der Waals surface area contributed by atoms with Gasteiger partial charge < -0.3 is 10.1 Å². The highest BCUT2D eigenvalue weighted by molar-refractivity contribution is 5.67. The molecule has 0 atom stereocenters. The lowest BCUT2D eigenvalue weighted by Crippen LogP contribution is -2.16. The molecule has 5 rings (SSSR count). The van der Waals surface area contributed by atoms with Gasteiger partial charge in [0.1, 0.15) is 22.9 Å². The maximum atomic E-state index is 13.3. The van der Waals surface area contributed by atoms with Crippen LogP contribution >= 0.6 is 0 Å². The van der Waals surface area contributed by atoms with Crippen molar-refractivity contribution < 1.29 is 31.1 Å². The molecule has 0 unspecified atom stereocenters. The number of anilines is 2. The highest BCUT2D eigenvalue weighted by Gasteiger charge is 2.34. The Kier molecular flexibility index (Phi) is 5.10. The van der Waals surface area contributed by atoms with Crippen LogP contribution in [0.3, 0.4) is 0 Å². The van der Waals surface area contributed by atoms with E-state index in [4.69, 9.17) is 0 Å². The fourth-order valence-electron chi connectivity index (χ4n) is 3.55. The summed E-state index contributed by atoms with van der Waals surface area (Å²) in [4.78, 5) is 13.1. The van der Waals surface area contributed by atoms with E-state index < -0.39 is 18.1 Å². The number of alkyl halides is 6. The maximum absolute atomic E-state index is 13.3. The van der Waals surface area contributed by atoms with Crippen molar-refractivity contribution in [2.45, 2.75) is 31.3 Å². The second-order valence-electron chi connectivity index (χ2n) is 7.75. The number of nitrogens with zero attached hydrogens (tertiary/aromatic N) is 4. The van der Waals surface area contributed by atoms with Crippen molar-refractivity contribution >= 4 is 17.2 Å². The standard InChI is InChI=1S/C22H15F6N5O/c23-21(24,25)13-3-8-18-32-19(12-1-2-12)20(33(18)11-13)16-9-29-10-17(31-16)30-14-4-6-15(7-5-14)34-22(26,27)28/h3-12H,1-2H2,(H,30,31). The van der Waals surface area contributed by atoms with Gasteiger partial charge >= 0.3 is 12.5 Å². The lowest BCUT2D eigenvalue weighted by atomic mass is 10.2. The van der Waals surface area contributed by atoms with E-state index in [-0.39, 0.29) is 17.5 Å². The Morgan fingerprint density at radius 1 is 0.912 bits per heavy atom. The summed E-state index contributed by atoms with van der Waals surface area (Å²) in [5.41, 5.74) is 1.36. The van der Waals surface area contributed by atoms with Crippen LogP contribution in [0.2, 0.25) is 0 Å². The molecule has 12 heteroatoms. The zero-order chi connectivity index (χ0) is 24.1.